The van der Waals surface area contributed by atoms with E-state index < -0.39 is 10.0 Å². The molecule has 142 valence electrons. The van der Waals surface area contributed by atoms with Gasteiger partial charge >= 0.3 is 0 Å². The molecule has 1 heterocycles. The SMILES string of the molecule is O=S(=O)(c1ccc(N=Cc2ccccc2F)cc1)N1CCc2ccccc2C1. The van der Waals surface area contributed by atoms with E-state index in [0.717, 1.165) is 5.56 Å². The van der Waals surface area contributed by atoms with Crippen LogP contribution in [-0.2, 0) is 23.0 Å². The molecule has 0 radical (unpaired) electrons. The van der Waals surface area contributed by atoms with E-state index in [1.807, 2.05) is 24.3 Å². The molecule has 0 spiro atoms. The zero-order valence-corrected chi connectivity index (χ0v) is 15.9. The number of halogens is 1. The Morgan fingerprint density at radius 1 is 0.893 bits per heavy atom. The maximum atomic E-state index is 13.6. The quantitative estimate of drug-likeness (QED) is 0.619. The molecule has 4 rings (SSSR count). The van der Waals surface area contributed by atoms with Crippen molar-refractivity contribution in [1.82, 2.24) is 4.31 Å². The fourth-order valence-electron chi connectivity index (χ4n) is 3.25. The van der Waals surface area contributed by atoms with Crippen LogP contribution in [-0.4, -0.2) is 25.5 Å². The van der Waals surface area contributed by atoms with Gasteiger partial charge in [-0.2, -0.15) is 4.31 Å². The number of nitrogens with zero attached hydrogens (tertiary/aromatic N) is 2. The smallest absolute Gasteiger partial charge is 0.243 e. The highest BCUT2D eigenvalue weighted by molar-refractivity contribution is 7.89. The van der Waals surface area contributed by atoms with E-state index in [2.05, 4.69) is 4.99 Å². The van der Waals surface area contributed by atoms with Crippen molar-refractivity contribution in [2.24, 2.45) is 4.99 Å². The first-order chi connectivity index (χ1) is 13.5. The van der Waals surface area contributed by atoms with E-state index >= 15 is 0 Å². The highest BCUT2D eigenvalue weighted by Gasteiger charge is 2.28. The lowest BCUT2D eigenvalue weighted by Crippen LogP contribution is -2.35. The van der Waals surface area contributed by atoms with Crippen LogP contribution in [0.3, 0.4) is 0 Å². The van der Waals surface area contributed by atoms with Gasteiger partial charge in [-0.3, -0.25) is 4.99 Å². The first-order valence-corrected chi connectivity index (χ1v) is 10.4. The van der Waals surface area contributed by atoms with Crippen LogP contribution >= 0.6 is 0 Å². The highest BCUT2D eigenvalue weighted by Crippen LogP contribution is 2.26. The third kappa shape index (κ3) is 3.74. The number of rotatable bonds is 4. The number of hydrogen-bond donors (Lipinski definition) is 0. The van der Waals surface area contributed by atoms with Crippen LogP contribution in [0, 0.1) is 5.82 Å². The molecule has 0 aromatic heterocycles. The third-order valence-electron chi connectivity index (χ3n) is 4.83. The molecule has 3 aromatic carbocycles. The third-order valence-corrected chi connectivity index (χ3v) is 6.69. The molecule has 0 saturated heterocycles. The van der Waals surface area contributed by atoms with Gasteiger partial charge in [0.05, 0.1) is 10.6 Å². The molecule has 0 amide bonds. The Morgan fingerprint density at radius 2 is 1.57 bits per heavy atom. The Kier molecular flexibility index (Phi) is 5.07. The predicted octanol–water partition coefficient (Wildman–Crippen LogP) is 4.32. The van der Waals surface area contributed by atoms with Crippen LogP contribution in [0.25, 0.3) is 0 Å². The van der Waals surface area contributed by atoms with Crippen molar-refractivity contribution in [1.29, 1.82) is 0 Å². The number of hydrogen-bond acceptors (Lipinski definition) is 3. The van der Waals surface area contributed by atoms with E-state index in [9.17, 15) is 12.8 Å². The molecule has 1 aliphatic rings. The molecular formula is C22H19FN2O2S. The summed E-state index contributed by atoms with van der Waals surface area (Å²) in [6.07, 6.45) is 2.14. The summed E-state index contributed by atoms with van der Waals surface area (Å²) in [7, 11) is -3.57. The molecule has 3 aromatic rings. The average Bonchev–Trinajstić information content (AvgIpc) is 2.73. The van der Waals surface area contributed by atoms with E-state index in [-0.39, 0.29) is 10.7 Å². The Balaban J connectivity index is 1.53. The molecule has 0 bridgehead atoms. The van der Waals surface area contributed by atoms with E-state index in [1.54, 1.807) is 42.5 Å². The summed E-state index contributed by atoms with van der Waals surface area (Å²) in [5.41, 5.74) is 3.19. The monoisotopic (exact) mass is 394 g/mol. The van der Waals surface area contributed by atoms with Crippen LogP contribution in [0.5, 0.6) is 0 Å². The largest absolute Gasteiger partial charge is 0.256 e. The zero-order valence-electron chi connectivity index (χ0n) is 15.1. The number of sulfonamides is 1. The van der Waals surface area contributed by atoms with Gasteiger partial charge in [0.1, 0.15) is 5.82 Å². The number of aliphatic imine (C=N–C) groups is 1. The fraction of sp³-hybridized carbons (Fsp3) is 0.136. The van der Waals surface area contributed by atoms with Gasteiger partial charge in [0, 0.05) is 24.9 Å². The molecule has 0 N–H and O–H groups in total. The first-order valence-electron chi connectivity index (χ1n) is 9.00. The molecule has 0 fully saturated rings. The second kappa shape index (κ2) is 7.66. The van der Waals surface area contributed by atoms with Crippen molar-refractivity contribution in [3.05, 3.63) is 95.3 Å². The van der Waals surface area contributed by atoms with Crippen LogP contribution in [0.15, 0.2) is 82.7 Å². The standard InChI is InChI=1S/C22H19FN2O2S/c23-22-8-4-3-6-18(22)15-24-20-9-11-21(12-10-20)28(26,27)25-14-13-17-5-1-2-7-19(17)16-25/h1-12,15H,13-14,16H2. The summed E-state index contributed by atoms with van der Waals surface area (Å²) in [6.45, 7) is 0.845. The van der Waals surface area contributed by atoms with E-state index in [1.165, 1.54) is 22.1 Å². The lowest BCUT2D eigenvalue weighted by molar-refractivity contribution is 0.391. The van der Waals surface area contributed by atoms with Gasteiger partial charge in [-0.05, 0) is 47.9 Å². The molecule has 0 atom stereocenters. The lowest BCUT2D eigenvalue weighted by Gasteiger charge is -2.28. The summed E-state index contributed by atoms with van der Waals surface area (Å²) in [6, 6.07) is 20.6. The van der Waals surface area contributed by atoms with Crippen LogP contribution in [0.2, 0.25) is 0 Å². The van der Waals surface area contributed by atoms with Crippen molar-refractivity contribution < 1.29 is 12.8 Å². The summed E-state index contributed by atoms with van der Waals surface area (Å²) < 4.78 is 41.1. The van der Waals surface area contributed by atoms with Gasteiger partial charge in [0.25, 0.3) is 0 Å². The zero-order chi connectivity index (χ0) is 19.6. The summed E-state index contributed by atoms with van der Waals surface area (Å²) in [5, 5.41) is 0. The van der Waals surface area contributed by atoms with Gasteiger partial charge < -0.3 is 0 Å². The van der Waals surface area contributed by atoms with Crippen molar-refractivity contribution in [3.63, 3.8) is 0 Å². The van der Waals surface area contributed by atoms with Gasteiger partial charge in [0.2, 0.25) is 10.0 Å². The fourth-order valence-corrected chi connectivity index (χ4v) is 4.67. The second-order valence-electron chi connectivity index (χ2n) is 6.63. The maximum absolute atomic E-state index is 13.6. The van der Waals surface area contributed by atoms with Gasteiger partial charge in [-0.25, -0.2) is 12.8 Å². The van der Waals surface area contributed by atoms with Gasteiger partial charge in [0.15, 0.2) is 0 Å². The predicted molar refractivity (Wildman–Crippen MR) is 108 cm³/mol. The Morgan fingerprint density at radius 3 is 2.32 bits per heavy atom. The molecule has 0 aliphatic carbocycles. The van der Waals surface area contributed by atoms with Gasteiger partial charge in [-0.15, -0.1) is 0 Å². The Hall–Kier alpha value is -2.83. The maximum Gasteiger partial charge on any atom is 0.243 e. The highest BCUT2D eigenvalue weighted by atomic mass is 32.2. The first kappa shape index (κ1) is 18.5. The van der Waals surface area contributed by atoms with Crippen LogP contribution < -0.4 is 0 Å². The second-order valence-corrected chi connectivity index (χ2v) is 8.57. The molecule has 0 unspecified atom stereocenters. The van der Waals surface area contributed by atoms with Crippen molar-refractivity contribution >= 4 is 21.9 Å². The number of benzene rings is 3. The molecule has 0 saturated carbocycles. The molecular weight excluding hydrogens is 375 g/mol. The molecule has 1 aliphatic heterocycles. The molecule has 6 heteroatoms. The van der Waals surface area contributed by atoms with Crippen LogP contribution in [0.4, 0.5) is 10.1 Å². The summed E-state index contributed by atoms with van der Waals surface area (Å²) >= 11 is 0. The van der Waals surface area contributed by atoms with Crippen LogP contribution in [0.1, 0.15) is 16.7 Å². The summed E-state index contributed by atoms with van der Waals surface area (Å²) in [4.78, 5) is 4.46. The molecule has 4 nitrogen and oxygen atoms in total. The van der Waals surface area contributed by atoms with E-state index in [4.69, 9.17) is 0 Å². The topological polar surface area (TPSA) is 49.7 Å². The minimum atomic E-state index is -3.57. The average molecular weight is 394 g/mol. The Labute approximate surface area is 164 Å². The minimum Gasteiger partial charge on any atom is -0.256 e. The van der Waals surface area contributed by atoms with Crippen molar-refractivity contribution in [2.45, 2.75) is 17.9 Å². The summed E-state index contributed by atoms with van der Waals surface area (Å²) in [5.74, 6) is -0.351. The Bertz CT molecular complexity index is 1130. The van der Waals surface area contributed by atoms with Crippen molar-refractivity contribution in [2.75, 3.05) is 6.54 Å². The lowest BCUT2D eigenvalue weighted by atomic mass is 10.0. The molecule has 28 heavy (non-hydrogen) atoms. The minimum absolute atomic E-state index is 0.233. The van der Waals surface area contributed by atoms with E-state index in [0.29, 0.717) is 30.8 Å². The normalized spacial score (nSPS) is 14.9. The van der Waals surface area contributed by atoms with Crippen molar-refractivity contribution in [3.8, 4) is 0 Å². The number of fused-ring (bicyclic) bond motifs is 1. The van der Waals surface area contributed by atoms with Gasteiger partial charge in [-0.1, -0.05) is 42.5 Å².